The van der Waals surface area contributed by atoms with Gasteiger partial charge in [-0.15, -0.1) is 0 Å². The number of thiocarbonyl (C=S) groups is 1. The highest BCUT2D eigenvalue weighted by atomic mass is 32.1. The monoisotopic (exact) mass is 502 g/mol. The topological polar surface area (TPSA) is 42.3 Å². The molecule has 0 saturated carbocycles. The number of ether oxygens (including phenoxy) is 1. The molecule has 37 heavy (non-hydrogen) atoms. The first kappa shape index (κ1) is 23.0. The van der Waals surface area contributed by atoms with Crippen molar-refractivity contribution in [3.05, 3.63) is 139 Å². The van der Waals surface area contributed by atoms with Gasteiger partial charge in [0.2, 0.25) is 0 Å². The van der Waals surface area contributed by atoms with Gasteiger partial charge in [-0.1, -0.05) is 42.0 Å². The summed E-state index contributed by atoms with van der Waals surface area (Å²) in [4.78, 5) is 6.86. The molecule has 1 fully saturated rings. The Bertz CT molecular complexity index is 1500. The fourth-order valence-corrected chi connectivity index (χ4v) is 5.15. The molecular formula is C31H26N4OS. The Balaban J connectivity index is 1.40. The Labute approximate surface area is 222 Å². The van der Waals surface area contributed by atoms with Crippen LogP contribution in [0.1, 0.15) is 29.0 Å². The molecule has 2 atom stereocenters. The van der Waals surface area contributed by atoms with Crippen LogP contribution < -0.4 is 15.0 Å². The van der Waals surface area contributed by atoms with Gasteiger partial charge in [-0.25, -0.2) is 0 Å². The number of pyridine rings is 1. The third kappa shape index (κ3) is 4.59. The second kappa shape index (κ2) is 9.91. The average molecular weight is 503 g/mol. The Morgan fingerprint density at radius 1 is 0.757 bits per heavy atom. The lowest BCUT2D eigenvalue weighted by Gasteiger charge is -2.29. The van der Waals surface area contributed by atoms with Gasteiger partial charge in [-0.05, 0) is 91.9 Å². The third-order valence-electron chi connectivity index (χ3n) is 6.59. The fraction of sp³-hybridized carbons (Fsp3) is 0.0968. The fourth-order valence-electron chi connectivity index (χ4n) is 4.81. The zero-order valence-electron chi connectivity index (χ0n) is 20.4. The minimum atomic E-state index is -0.118. The van der Waals surface area contributed by atoms with E-state index < -0.39 is 0 Å². The zero-order valence-corrected chi connectivity index (χ0v) is 21.2. The molecular weight excluding hydrogens is 476 g/mol. The summed E-state index contributed by atoms with van der Waals surface area (Å²) in [5, 5.41) is 4.21. The molecule has 6 heteroatoms. The van der Waals surface area contributed by atoms with E-state index in [0.29, 0.717) is 5.11 Å². The molecule has 5 nitrogen and oxygen atoms in total. The number of nitrogens with zero attached hydrogens (tertiary/aromatic N) is 3. The number of hydrogen-bond donors (Lipinski definition) is 1. The number of nitrogens with one attached hydrogen (secondary N) is 1. The van der Waals surface area contributed by atoms with Gasteiger partial charge in [0.05, 0.1) is 11.7 Å². The molecule has 0 spiro atoms. The van der Waals surface area contributed by atoms with Gasteiger partial charge in [0, 0.05) is 29.5 Å². The lowest BCUT2D eigenvalue weighted by Crippen LogP contribution is -2.30. The Morgan fingerprint density at radius 2 is 1.46 bits per heavy atom. The summed E-state index contributed by atoms with van der Waals surface area (Å²) in [6.45, 7) is 2.10. The Hall–Kier alpha value is -4.42. The molecule has 3 aromatic carbocycles. The minimum Gasteiger partial charge on any atom is -0.457 e. The third-order valence-corrected chi connectivity index (χ3v) is 6.90. The van der Waals surface area contributed by atoms with Gasteiger partial charge in [-0.2, -0.15) is 0 Å². The molecule has 0 unspecified atom stereocenters. The van der Waals surface area contributed by atoms with Gasteiger partial charge >= 0.3 is 0 Å². The normalized spacial score (nSPS) is 17.0. The van der Waals surface area contributed by atoms with Crippen molar-refractivity contribution in [2.75, 3.05) is 4.90 Å². The minimum absolute atomic E-state index is 0.111. The number of aromatic nitrogens is 2. The van der Waals surface area contributed by atoms with E-state index in [-0.39, 0.29) is 12.1 Å². The SMILES string of the molecule is Cc1ccc(-n2cccc2[C@@H]2[C@@H](c3ccccn3)NC(=S)N2c2ccc(Oc3ccccc3)cc2)cc1. The summed E-state index contributed by atoms with van der Waals surface area (Å²) in [5.74, 6) is 1.58. The summed E-state index contributed by atoms with van der Waals surface area (Å²) in [7, 11) is 0. The van der Waals surface area contributed by atoms with Crippen LogP contribution in [0.4, 0.5) is 5.69 Å². The van der Waals surface area contributed by atoms with E-state index in [1.807, 2.05) is 66.9 Å². The Kier molecular flexibility index (Phi) is 6.16. The van der Waals surface area contributed by atoms with E-state index in [1.54, 1.807) is 0 Å². The highest BCUT2D eigenvalue weighted by Gasteiger charge is 2.42. The second-order valence-corrected chi connectivity index (χ2v) is 9.43. The molecule has 2 aromatic heterocycles. The smallest absolute Gasteiger partial charge is 0.174 e. The van der Waals surface area contributed by atoms with Crippen molar-refractivity contribution >= 4 is 23.0 Å². The Morgan fingerprint density at radius 3 is 2.19 bits per heavy atom. The highest BCUT2D eigenvalue weighted by molar-refractivity contribution is 7.80. The van der Waals surface area contributed by atoms with Crippen molar-refractivity contribution in [3.63, 3.8) is 0 Å². The van der Waals surface area contributed by atoms with Crippen LogP contribution in [0.25, 0.3) is 5.69 Å². The van der Waals surface area contributed by atoms with E-state index in [1.165, 1.54) is 5.56 Å². The van der Waals surface area contributed by atoms with E-state index in [2.05, 4.69) is 81.4 Å². The average Bonchev–Trinajstić information content (AvgIpc) is 3.55. The summed E-state index contributed by atoms with van der Waals surface area (Å²) < 4.78 is 8.25. The highest BCUT2D eigenvalue weighted by Crippen LogP contribution is 2.42. The van der Waals surface area contributed by atoms with Crippen LogP contribution in [-0.4, -0.2) is 14.7 Å². The summed E-state index contributed by atoms with van der Waals surface area (Å²) in [5.41, 5.74) is 5.38. The van der Waals surface area contributed by atoms with Crippen molar-refractivity contribution in [1.29, 1.82) is 0 Å². The predicted octanol–water partition coefficient (Wildman–Crippen LogP) is 7.15. The molecule has 5 aromatic rings. The first-order chi connectivity index (χ1) is 18.2. The van der Waals surface area contributed by atoms with Crippen LogP contribution in [0.3, 0.4) is 0 Å². The summed E-state index contributed by atoms with van der Waals surface area (Å²) in [6.07, 6.45) is 3.93. The van der Waals surface area contributed by atoms with Gasteiger partial charge in [0.25, 0.3) is 0 Å². The summed E-state index contributed by atoms with van der Waals surface area (Å²) in [6, 6.07) is 36.4. The van der Waals surface area contributed by atoms with E-state index in [4.69, 9.17) is 17.0 Å². The number of anilines is 1. The van der Waals surface area contributed by atoms with Crippen molar-refractivity contribution in [2.45, 2.75) is 19.0 Å². The molecule has 0 aliphatic carbocycles. The quantitative estimate of drug-likeness (QED) is 0.250. The van der Waals surface area contributed by atoms with E-state index in [0.717, 1.165) is 34.3 Å². The predicted molar refractivity (Wildman–Crippen MR) is 151 cm³/mol. The molecule has 6 rings (SSSR count). The second-order valence-electron chi connectivity index (χ2n) is 9.04. The molecule has 0 radical (unpaired) electrons. The van der Waals surface area contributed by atoms with Crippen molar-refractivity contribution in [3.8, 4) is 17.2 Å². The van der Waals surface area contributed by atoms with E-state index in [9.17, 15) is 0 Å². The first-order valence-electron chi connectivity index (χ1n) is 12.3. The number of benzene rings is 3. The molecule has 0 amide bonds. The number of para-hydroxylation sites is 1. The van der Waals surface area contributed by atoms with Crippen molar-refractivity contribution < 1.29 is 4.74 Å². The maximum Gasteiger partial charge on any atom is 0.174 e. The number of hydrogen-bond acceptors (Lipinski definition) is 3. The number of rotatable bonds is 6. The summed E-state index contributed by atoms with van der Waals surface area (Å²) >= 11 is 5.91. The number of aryl methyl sites for hydroxylation is 1. The van der Waals surface area contributed by atoms with Crippen LogP contribution in [-0.2, 0) is 0 Å². The maximum absolute atomic E-state index is 6.02. The molecule has 1 aliphatic heterocycles. The molecule has 182 valence electrons. The molecule has 1 saturated heterocycles. The van der Waals surface area contributed by atoms with E-state index >= 15 is 0 Å². The van der Waals surface area contributed by atoms with Crippen LogP contribution in [0.5, 0.6) is 11.5 Å². The lowest BCUT2D eigenvalue weighted by atomic mass is 10.0. The van der Waals surface area contributed by atoms with Gasteiger partial charge < -0.3 is 19.5 Å². The molecule has 3 heterocycles. The molecule has 1 N–H and O–H groups in total. The van der Waals surface area contributed by atoms with Crippen LogP contribution in [0, 0.1) is 6.92 Å². The lowest BCUT2D eigenvalue weighted by molar-refractivity contribution is 0.482. The molecule has 0 bridgehead atoms. The largest absolute Gasteiger partial charge is 0.457 e. The standard InChI is InChI=1S/C31H26N4OS/c1-22-12-14-23(15-13-22)34-21-7-11-28(34)30-29(27-10-5-6-20-32-27)33-31(37)35(30)24-16-18-26(19-17-24)36-25-8-3-2-4-9-25/h2-21,29-30H,1H3,(H,33,37)/t29-,30-/m1/s1. The zero-order chi connectivity index (χ0) is 25.2. The van der Waals surface area contributed by atoms with Crippen LogP contribution in [0.2, 0.25) is 0 Å². The first-order valence-corrected chi connectivity index (χ1v) is 12.7. The van der Waals surface area contributed by atoms with Crippen molar-refractivity contribution in [1.82, 2.24) is 14.9 Å². The van der Waals surface area contributed by atoms with Gasteiger partial charge in [0.15, 0.2) is 5.11 Å². The molecule has 1 aliphatic rings. The van der Waals surface area contributed by atoms with Crippen LogP contribution in [0.15, 0.2) is 122 Å². The van der Waals surface area contributed by atoms with Crippen molar-refractivity contribution in [2.24, 2.45) is 0 Å². The van der Waals surface area contributed by atoms with Crippen LogP contribution >= 0.6 is 12.2 Å². The van der Waals surface area contributed by atoms with Gasteiger partial charge in [0.1, 0.15) is 17.5 Å². The van der Waals surface area contributed by atoms with Gasteiger partial charge in [-0.3, -0.25) is 4.98 Å². The maximum atomic E-state index is 6.02.